The van der Waals surface area contributed by atoms with Gasteiger partial charge < -0.3 is 10.2 Å². The molecule has 2 amide bonds. The smallest absolute Gasteiger partial charge is 0.352 e. The molecule has 0 saturated heterocycles. The number of halogens is 3. The van der Waals surface area contributed by atoms with Gasteiger partial charge in [0.05, 0.1) is 16.1 Å². The van der Waals surface area contributed by atoms with E-state index in [4.69, 9.17) is 0 Å². The Bertz CT molecular complexity index is 1510. The van der Waals surface area contributed by atoms with Crippen molar-refractivity contribution in [2.24, 2.45) is 0 Å². The molecule has 2 atom stereocenters. The summed E-state index contributed by atoms with van der Waals surface area (Å²) in [6, 6.07) is 15.7. The molecule has 11 heteroatoms. The Labute approximate surface area is 245 Å². The number of amides is 2. The molecule has 42 heavy (non-hydrogen) atoms. The van der Waals surface area contributed by atoms with Crippen molar-refractivity contribution in [1.29, 1.82) is 0 Å². The number of aryl methyl sites for hydroxylation is 2. The molecular formula is C31H36F3N3O4S. The average Bonchev–Trinajstić information content (AvgIpc) is 2.94. The third-order valence-electron chi connectivity index (χ3n) is 7.12. The molecule has 0 heterocycles. The molecule has 1 N–H and O–H groups in total. The van der Waals surface area contributed by atoms with Gasteiger partial charge >= 0.3 is 6.18 Å². The Kier molecular flexibility index (Phi) is 10.4. The Morgan fingerprint density at radius 3 is 2.17 bits per heavy atom. The second-order valence-corrected chi connectivity index (χ2v) is 12.2. The van der Waals surface area contributed by atoms with Gasteiger partial charge in [0.1, 0.15) is 12.6 Å². The van der Waals surface area contributed by atoms with E-state index in [9.17, 15) is 31.2 Å². The summed E-state index contributed by atoms with van der Waals surface area (Å²) in [6.45, 7) is 8.03. The largest absolute Gasteiger partial charge is 0.416 e. The van der Waals surface area contributed by atoms with Crippen molar-refractivity contribution in [2.75, 3.05) is 10.8 Å². The van der Waals surface area contributed by atoms with Crippen molar-refractivity contribution in [3.63, 3.8) is 0 Å². The zero-order valence-corrected chi connectivity index (χ0v) is 25.1. The lowest BCUT2D eigenvalue weighted by atomic mass is 10.1. The molecule has 0 bridgehead atoms. The standard InChI is InChI=1S/C31H36F3N3O4S/c1-6-23(4)35-30(39)24(5)36(19-25-11-8-7-10-22(25)3)29(38)20-37(27-13-9-12-26(18-27)31(32,33)34)42(40,41)28-16-14-21(2)15-17-28/h7-18,23-24H,6,19-20H2,1-5H3,(H,35,39). The number of alkyl halides is 3. The van der Waals surface area contributed by atoms with Gasteiger partial charge in [-0.15, -0.1) is 0 Å². The molecule has 0 aliphatic heterocycles. The SMILES string of the molecule is CCC(C)NC(=O)C(C)N(Cc1ccccc1C)C(=O)CN(c1cccc(C(F)(F)F)c1)S(=O)(=O)c1ccc(C)cc1. The van der Waals surface area contributed by atoms with E-state index in [1.165, 1.54) is 30.0 Å². The number of sulfonamides is 1. The van der Waals surface area contributed by atoms with E-state index >= 15 is 0 Å². The monoisotopic (exact) mass is 603 g/mol. The molecule has 0 radical (unpaired) electrons. The summed E-state index contributed by atoms with van der Waals surface area (Å²) < 4.78 is 69.2. The minimum absolute atomic E-state index is 0.0123. The van der Waals surface area contributed by atoms with Gasteiger partial charge in [0.25, 0.3) is 10.0 Å². The lowest BCUT2D eigenvalue weighted by molar-refractivity contribution is -0.139. The first-order valence-corrected chi connectivity index (χ1v) is 15.0. The van der Waals surface area contributed by atoms with Crippen LogP contribution in [-0.2, 0) is 32.3 Å². The predicted molar refractivity (Wildman–Crippen MR) is 156 cm³/mol. The van der Waals surface area contributed by atoms with Crippen molar-refractivity contribution in [3.8, 4) is 0 Å². The Morgan fingerprint density at radius 2 is 1.57 bits per heavy atom. The highest BCUT2D eigenvalue weighted by Gasteiger charge is 2.35. The van der Waals surface area contributed by atoms with Crippen LogP contribution in [0.1, 0.15) is 49.4 Å². The highest BCUT2D eigenvalue weighted by molar-refractivity contribution is 7.92. The van der Waals surface area contributed by atoms with Gasteiger partial charge in [-0.05, 0) is 75.6 Å². The van der Waals surface area contributed by atoms with Gasteiger partial charge in [-0.1, -0.05) is 55.0 Å². The first-order valence-electron chi connectivity index (χ1n) is 13.6. The van der Waals surface area contributed by atoms with Crippen LogP contribution in [0.3, 0.4) is 0 Å². The van der Waals surface area contributed by atoms with Gasteiger partial charge in [0.15, 0.2) is 0 Å². The minimum Gasteiger partial charge on any atom is -0.352 e. The second kappa shape index (κ2) is 13.4. The molecule has 0 aromatic heterocycles. The summed E-state index contributed by atoms with van der Waals surface area (Å²) in [5.74, 6) is -1.18. The third kappa shape index (κ3) is 7.90. The van der Waals surface area contributed by atoms with E-state index in [2.05, 4.69) is 5.32 Å². The molecule has 7 nitrogen and oxygen atoms in total. The number of carbonyl (C=O) groups is 2. The molecule has 0 saturated carbocycles. The number of rotatable bonds is 11. The van der Waals surface area contributed by atoms with Crippen LogP contribution in [0.15, 0.2) is 77.7 Å². The average molecular weight is 604 g/mol. The quantitative estimate of drug-likeness (QED) is 0.298. The highest BCUT2D eigenvalue weighted by Crippen LogP contribution is 2.33. The van der Waals surface area contributed by atoms with E-state index in [1.807, 2.05) is 32.9 Å². The van der Waals surface area contributed by atoms with E-state index in [0.29, 0.717) is 16.8 Å². The van der Waals surface area contributed by atoms with Gasteiger partial charge in [-0.2, -0.15) is 13.2 Å². The molecule has 0 aliphatic rings. The van der Waals surface area contributed by atoms with Crippen LogP contribution < -0.4 is 9.62 Å². The summed E-state index contributed by atoms with van der Waals surface area (Å²) in [5.41, 5.74) is 0.981. The normalized spacial score (nSPS) is 13.2. The van der Waals surface area contributed by atoms with Gasteiger partial charge in [-0.25, -0.2) is 8.42 Å². The maximum atomic E-state index is 14.0. The van der Waals surface area contributed by atoms with E-state index < -0.39 is 46.2 Å². The Balaban J connectivity index is 2.10. The number of nitrogens with one attached hydrogen (secondary N) is 1. The summed E-state index contributed by atoms with van der Waals surface area (Å²) in [5, 5.41) is 2.85. The molecule has 0 fully saturated rings. The van der Waals surface area contributed by atoms with Crippen LogP contribution >= 0.6 is 0 Å². The van der Waals surface area contributed by atoms with E-state index in [1.54, 1.807) is 31.2 Å². The molecule has 0 aliphatic carbocycles. The molecule has 3 aromatic carbocycles. The van der Waals surface area contributed by atoms with E-state index in [-0.39, 0.29) is 23.2 Å². The Morgan fingerprint density at radius 1 is 0.929 bits per heavy atom. The lowest BCUT2D eigenvalue weighted by Gasteiger charge is -2.33. The van der Waals surface area contributed by atoms with Gasteiger partial charge in [-0.3, -0.25) is 13.9 Å². The first kappa shape index (κ1) is 32.7. The summed E-state index contributed by atoms with van der Waals surface area (Å²) in [4.78, 5) is 28.2. The number of hydrogen-bond donors (Lipinski definition) is 1. The van der Waals surface area contributed by atoms with Crippen LogP contribution in [0, 0.1) is 13.8 Å². The van der Waals surface area contributed by atoms with Crippen molar-refractivity contribution in [3.05, 3.63) is 95.1 Å². The van der Waals surface area contributed by atoms with Crippen LogP contribution in [-0.4, -0.2) is 43.8 Å². The third-order valence-corrected chi connectivity index (χ3v) is 8.91. The topological polar surface area (TPSA) is 86.8 Å². The molecular weight excluding hydrogens is 567 g/mol. The highest BCUT2D eigenvalue weighted by atomic mass is 32.2. The summed E-state index contributed by atoms with van der Waals surface area (Å²) >= 11 is 0. The minimum atomic E-state index is -4.74. The number of carbonyl (C=O) groups excluding carboxylic acids is 2. The Hall–Kier alpha value is -3.86. The fourth-order valence-corrected chi connectivity index (χ4v) is 5.63. The fourth-order valence-electron chi connectivity index (χ4n) is 4.22. The van der Waals surface area contributed by atoms with Gasteiger partial charge in [0.2, 0.25) is 11.8 Å². The summed E-state index contributed by atoms with van der Waals surface area (Å²) in [6.07, 6.45) is -4.08. The van der Waals surface area contributed by atoms with Crippen molar-refractivity contribution in [2.45, 2.75) is 70.7 Å². The van der Waals surface area contributed by atoms with Crippen molar-refractivity contribution < 1.29 is 31.2 Å². The molecule has 226 valence electrons. The van der Waals surface area contributed by atoms with Crippen molar-refractivity contribution >= 4 is 27.5 Å². The molecule has 2 unspecified atom stereocenters. The van der Waals surface area contributed by atoms with Crippen LogP contribution in [0.2, 0.25) is 0 Å². The lowest BCUT2D eigenvalue weighted by Crippen LogP contribution is -2.52. The fraction of sp³-hybridized carbons (Fsp3) is 0.355. The zero-order chi connectivity index (χ0) is 31.2. The predicted octanol–water partition coefficient (Wildman–Crippen LogP) is 5.85. The number of nitrogens with zero attached hydrogens (tertiary/aromatic N) is 2. The molecule has 3 aromatic rings. The van der Waals surface area contributed by atoms with Crippen LogP contribution in [0.5, 0.6) is 0 Å². The van der Waals surface area contributed by atoms with Gasteiger partial charge in [0, 0.05) is 12.6 Å². The number of benzene rings is 3. The maximum absolute atomic E-state index is 14.0. The number of anilines is 1. The van der Waals surface area contributed by atoms with Crippen molar-refractivity contribution in [1.82, 2.24) is 10.2 Å². The first-order chi connectivity index (χ1) is 19.6. The molecule has 3 rings (SSSR count). The van der Waals surface area contributed by atoms with Crippen LogP contribution in [0.25, 0.3) is 0 Å². The van der Waals surface area contributed by atoms with E-state index in [0.717, 1.165) is 28.8 Å². The second-order valence-electron chi connectivity index (χ2n) is 10.3. The summed E-state index contributed by atoms with van der Waals surface area (Å²) in [7, 11) is -4.49. The maximum Gasteiger partial charge on any atom is 0.416 e. The van der Waals surface area contributed by atoms with Crippen LogP contribution in [0.4, 0.5) is 18.9 Å². The zero-order valence-electron chi connectivity index (χ0n) is 24.3. The molecule has 0 spiro atoms. The number of hydrogen-bond acceptors (Lipinski definition) is 4.